The third-order valence-corrected chi connectivity index (χ3v) is 3.03. The molecule has 0 amide bonds. The number of nitrogens with zero attached hydrogens (tertiary/aromatic N) is 1. The minimum atomic E-state index is 0.281. The summed E-state index contributed by atoms with van der Waals surface area (Å²) in [4.78, 5) is 5.32. The van der Waals surface area contributed by atoms with Crippen LogP contribution < -0.4 is 0 Å². The van der Waals surface area contributed by atoms with Crippen molar-refractivity contribution in [1.82, 2.24) is 0 Å². The average molecular weight is 217 g/mol. The fraction of sp³-hybridized carbons (Fsp3) is 0.462. The van der Waals surface area contributed by atoms with E-state index in [9.17, 15) is 0 Å². The molecule has 0 spiro atoms. The third kappa shape index (κ3) is 2.09. The van der Waals surface area contributed by atoms with Crippen molar-refractivity contribution in [3.05, 3.63) is 35.4 Å². The van der Waals surface area contributed by atoms with E-state index < -0.39 is 0 Å². The highest BCUT2D eigenvalue weighted by Gasteiger charge is 2.23. The van der Waals surface area contributed by atoms with Crippen LogP contribution in [0.1, 0.15) is 24.0 Å². The largest absolute Gasteiger partial charge is 0.393 e. The number of hydrogen-bond acceptors (Lipinski definition) is 3. The van der Waals surface area contributed by atoms with Crippen molar-refractivity contribution in [1.29, 1.82) is 0 Å². The normalized spacial score (nSPS) is 25.2. The highest BCUT2D eigenvalue weighted by Crippen LogP contribution is 2.21. The van der Waals surface area contributed by atoms with Crippen LogP contribution >= 0.6 is 0 Å². The van der Waals surface area contributed by atoms with Crippen LogP contribution in [0.25, 0.3) is 0 Å². The number of oxime groups is 1. The number of ether oxygens (including phenoxy) is 1. The van der Waals surface area contributed by atoms with Gasteiger partial charge >= 0.3 is 0 Å². The van der Waals surface area contributed by atoms with Crippen LogP contribution in [0.5, 0.6) is 0 Å². The van der Waals surface area contributed by atoms with Gasteiger partial charge in [0.15, 0.2) is 0 Å². The molecule has 1 heterocycles. The molecular formula is C13H15NO2. The lowest BCUT2D eigenvalue weighted by molar-refractivity contribution is 0.124. The standard InChI is InChI=1S/C13H15NO2/c1-2-6-12-10(4-1)5-3-7-13(12)14-16-9-11-8-15-11/h1-2,4,6,11H,3,5,7-9H2/b14-13+/t11-/m1/s1. The van der Waals surface area contributed by atoms with Crippen molar-refractivity contribution in [2.45, 2.75) is 25.4 Å². The topological polar surface area (TPSA) is 34.1 Å². The summed E-state index contributed by atoms with van der Waals surface area (Å²) in [6, 6.07) is 8.45. The molecule has 0 saturated carbocycles. The molecule has 3 nitrogen and oxygen atoms in total. The number of aryl methyl sites for hydroxylation is 1. The van der Waals surface area contributed by atoms with Crippen LogP contribution in [0.3, 0.4) is 0 Å². The first-order valence-electron chi connectivity index (χ1n) is 5.82. The summed E-state index contributed by atoms with van der Waals surface area (Å²) in [5, 5.41) is 4.24. The lowest BCUT2D eigenvalue weighted by atomic mass is 9.90. The Morgan fingerprint density at radius 1 is 1.31 bits per heavy atom. The summed E-state index contributed by atoms with van der Waals surface area (Å²) in [5.74, 6) is 0. The second kappa shape index (κ2) is 4.26. The lowest BCUT2D eigenvalue weighted by Gasteiger charge is -2.16. The Hall–Kier alpha value is -1.35. The van der Waals surface area contributed by atoms with E-state index >= 15 is 0 Å². The van der Waals surface area contributed by atoms with E-state index in [1.54, 1.807) is 0 Å². The molecule has 3 heteroatoms. The van der Waals surface area contributed by atoms with Crippen molar-refractivity contribution in [3.8, 4) is 0 Å². The molecule has 0 unspecified atom stereocenters. The fourth-order valence-electron chi connectivity index (χ4n) is 2.06. The van der Waals surface area contributed by atoms with Crippen molar-refractivity contribution in [2.24, 2.45) is 5.16 Å². The number of hydrogen-bond donors (Lipinski definition) is 0. The zero-order valence-corrected chi connectivity index (χ0v) is 9.19. The Balaban J connectivity index is 1.75. The van der Waals surface area contributed by atoms with Crippen LogP contribution in [0, 0.1) is 0 Å². The van der Waals surface area contributed by atoms with Gasteiger partial charge in [-0.05, 0) is 24.8 Å². The van der Waals surface area contributed by atoms with Crippen LogP contribution in [-0.4, -0.2) is 25.0 Å². The van der Waals surface area contributed by atoms with Crippen LogP contribution in [0.2, 0.25) is 0 Å². The van der Waals surface area contributed by atoms with Gasteiger partial charge in [-0.2, -0.15) is 0 Å². The molecule has 2 aliphatic rings. The van der Waals surface area contributed by atoms with Gasteiger partial charge in [-0.15, -0.1) is 0 Å². The quantitative estimate of drug-likeness (QED) is 0.574. The average Bonchev–Trinajstić information content (AvgIpc) is 3.13. The Labute approximate surface area is 95.1 Å². The third-order valence-electron chi connectivity index (χ3n) is 3.03. The second-order valence-electron chi connectivity index (χ2n) is 4.30. The maximum atomic E-state index is 5.32. The monoisotopic (exact) mass is 217 g/mol. The van der Waals surface area contributed by atoms with Crippen LogP contribution in [-0.2, 0) is 16.0 Å². The van der Waals surface area contributed by atoms with Gasteiger partial charge in [-0.1, -0.05) is 29.4 Å². The number of rotatable bonds is 3. The Kier molecular flexibility index (Phi) is 2.62. The molecule has 1 aliphatic carbocycles. The summed E-state index contributed by atoms with van der Waals surface area (Å²) in [6.45, 7) is 1.41. The van der Waals surface area contributed by atoms with Gasteiger partial charge in [-0.25, -0.2) is 0 Å². The van der Waals surface area contributed by atoms with Gasteiger partial charge in [0.1, 0.15) is 12.7 Å². The molecule has 16 heavy (non-hydrogen) atoms. The summed E-state index contributed by atoms with van der Waals surface area (Å²) in [6.07, 6.45) is 3.62. The molecule has 1 fully saturated rings. The van der Waals surface area contributed by atoms with Crippen LogP contribution in [0.4, 0.5) is 0 Å². The van der Waals surface area contributed by atoms with Crippen LogP contribution in [0.15, 0.2) is 29.4 Å². The van der Waals surface area contributed by atoms with Gasteiger partial charge in [0.05, 0.1) is 12.3 Å². The molecule has 84 valence electrons. The molecule has 1 saturated heterocycles. The molecule has 1 atom stereocenters. The molecule has 1 aliphatic heterocycles. The summed E-state index contributed by atoms with van der Waals surface area (Å²) >= 11 is 0. The maximum absolute atomic E-state index is 5.32. The SMILES string of the molecule is c1ccc2c(c1)CCC/C2=N\OC[C@H]1CO1. The zero-order chi connectivity index (χ0) is 10.8. The minimum Gasteiger partial charge on any atom is -0.393 e. The van der Waals surface area contributed by atoms with E-state index in [4.69, 9.17) is 9.57 Å². The molecule has 1 aromatic rings. The first-order chi connectivity index (χ1) is 7.93. The smallest absolute Gasteiger partial charge is 0.145 e. The first kappa shape index (κ1) is 9.85. The number of benzene rings is 1. The van der Waals surface area contributed by atoms with E-state index in [1.165, 1.54) is 17.5 Å². The van der Waals surface area contributed by atoms with E-state index in [0.717, 1.165) is 25.2 Å². The van der Waals surface area contributed by atoms with Crippen molar-refractivity contribution in [2.75, 3.05) is 13.2 Å². The molecular weight excluding hydrogens is 202 g/mol. The van der Waals surface area contributed by atoms with E-state index in [2.05, 4.69) is 29.4 Å². The predicted molar refractivity (Wildman–Crippen MR) is 61.6 cm³/mol. The van der Waals surface area contributed by atoms with Crippen molar-refractivity contribution in [3.63, 3.8) is 0 Å². The highest BCUT2D eigenvalue weighted by molar-refractivity contribution is 6.02. The van der Waals surface area contributed by atoms with E-state index in [1.807, 2.05) is 0 Å². The molecule has 0 aromatic heterocycles. The Morgan fingerprint density at radius 2 is 2.19 bits per heavy atom. The maximum Gasteiger partial charge on any atom is 0.145 e. The zero-order valence-electron chi connectivity index (χ0n) is 9.19. The number of epoxide rings is 1. The van der Waals surface area contributed by atoms with Crippen molar-refractivity contribution < 1.29 is 9.57 Å². The van der Waals surface area contributed by atoms with E-state index in [-0.39, 0.29) is 6.10 Å². The molecule has 1 aromatic carbocycles. The van der Waals surface area contributed by atoms with Gasteiger partial charge in [0.25, 0.3) is 0 Å². The molecule has 0 radical (unpaired) electrons. The summed E-state index contributed by atoms with van der Waals surface area (Å²) < 4.78 is 5.07. The van der Waals surface area contributed by atoms with Gasteiger partial charge in [0, 0.05) is 5.56 Å². The summed E-state index contributed by atoms with van der Waals surface area (Å²) in [5.41, 5.74) is 3.73. The molecule has 0 bridgehead atoms. The van der Waals surface area contributed by atoms with Gasteiger partial charge in [0.2, 0.25) is 0 Å². The lowest BCUT2D eigenvalue weighted by Crippen LogP contribution is -2.12. The minimum absolute atomic E-state index is 0.281. The predicted octanol–water partition coefficient (Wildman–Crippen LogP) is 2.14. The Morgan fingerprint density at radius 3 is 3.06 bits per heavy atom. The van der Waals surface area contributed by atoms with E-state index in [0.29, 0.717) is 6.61 Å². The fourth-order valence-corrected chi connectivity index (χ4v) is 2.06. The highest BCUT2D eigenvalue weighted by atomic mass is 16.7. The number of fused-ring (bicyclic) bond motifs is 1. The van der Waals surface area contributed by atoms with Gasteiger partial charge < -0.3 is 9.57 Å². The molecule has 3 rings (SSSR count). The van der Waals surface area contributed by atoms with Crippen molar-refractivity contribution >= 4 is 5.71 Å². The second-order valence-corrected chi connectivity index (χ2v) is 4.30. The van der Waals surface area contributed by atoms with Gasteiger partial charge in [-0.3, -0.25) is 0 Å². The first-order valence-corrected chi connectivity index (χ1v) is 5.82. The Bertz CT molecular complexity index is 410. The molecule has 0 N–H and O–H groups in total. The summed E-state index contributed by atoms with van der Waals surface area (Å²) in [7, 11) is 0.